The molecule has 1 aliphatic heterocycles. The maximum Gasteiger partial charge on any atom is 0.234 e. The summed E-state index contributed by atoms with van der Waals surface area (Å²) in [6, 6.07) is 5.34. The Labute approximate surface area is 117 Å². The Morgan fingerprint density at radius 2 is 2.11 bits per heavy atom. The number of halogens is 2. The van der Waals surface area contributed by atoms with Crippen LogP contribution in [0.25, 0.3) is 0 Å². The number of carbonyl (C=O) groups is 1. The van der Waals surface area contributed by atoms with Gasteiger partial charge < -0.3 is 5.73 Å². The normalized spacial score (nSPS) is 22.1. The predicted molar refractivity (Wildman–Crippen MR) is 73.7 cm³/mol. The Morgan fingerprint density at radius 3 is 2.72 bits per heavy atom. The Morgan fingerprint density at radius 1 is 1.39 bits per heavy atom. The average Bonchev–Trinajstić information content (AvgIpc) is 2.33. The van der Waals surface area contributed by atoms with Crippen LogP contribution >= 0.6 is 23.2 Å². The molecule has 1 aromatic rings. The summed E-state index contributed by atoms with van der Waals surface area (Å²) in [5.74, 6) is 0.922. The molecule has 3 nitrogen and oxygen atoms in total. The van der Waals surface area contributed by atoms with Crippen LogP contribution in [0.3, 0.4) is 0 Å². The summed E-state index contributed by atoms with van der Waals surface area (Å²) >= 11 is 11.9. The van der Waals surface area contributed by atoms with Crippen LogP contribution in [0.5, 0.6) is 0 Å². The van der Waals surface area contributed by atoms with Crippen LogP contribution in [0.1, 0.15) is 18.4 Å². The number of hydrogen-bond donors (Lipinski definition) is 1. The summed E-state index contributed by atoms with van der Waals surface area (Å²) in [5, 5.41) is 1.08. The Bertz CT molecular complexity index is 464. The van der Waals surface area contributed by atoms with E-state index in [1.54, 1.807) is 6.07 Å². The Hall–Kier alpha value is -0.770. The van der Waals surface area contributed by atoms with E-state index in [-0.39, 0.29) is 11.9 Å². The van der Waals surface area contributed by atoms with Gasteiger partial charge in [-0.15, -0.1) is 0 Å². The summed E-state index contributed by atoms with van der Waals surface area (Å²) in [6.45, 7) is 0.823. The zero-order valence-electron chi connectivity index (χ0n) is 10.1. The quantitative estimate of drug-likeness (QED) is 0.908. The van der Waals surface area contributed by atoms with Gasteiger partial charge in [-0.05, 0) is 44.1 Å². The molecule has 2 N–H and O–H groups in total. The minimum absolute atomic E-state index is 0.233. The van der Waals surface area contributed by atoms with Crippen molar-refractivity contribution >= 4 is 29.1 Å². The van der Waals surface area contributed by atoms with Gasteiger partial charge in [0.1, 0.15) is 0 Å². The van der Waals surface area contributed by atoms with Crippen LogP contribution < -0.4 is 5.73 Å². The second-order valence-electron chi connectivity index (χ2n) is 4.59. The van der Waals surface area contributed by atoms with Crippen molar-refractivity contribution in [2.45, 2.75) is 18.9 Å². The van der Waals surface area contributed by atoms with E-state index in [4.69, 9.17) is 28.9 Å². The molecule has 97 valence electrons. The predicted octanol–water partition coefficient (Wildman–Crippen LogP) is 2.50. The highest BCUT2D eigenvalue weighted by Crippen LogP contribution is 2.33. The fraction of sp³-hybridized carbons (Fsp3) is 0.385. The Kier molecular flexibility index (Phi) is 4.15. The van der Waals surface area contributed by atoms with Gasteiger partial charge in [0.25, 0.3) is 0 Å². The second-order valence-corrected chi connectivity index (χ2v) is 5.40. The van der Waals surface area contributed by atoms with Gasteiger partial charge in [-0.2, -0.15) is 0 Å². The number of piperidine rings is 1. The third-order valence-corrected chi connectivity index (χ3v) is 4.13. The number of hydrogen-bond acceptors (Lipinski definition) is 2. The number of rotatable bonds is 2. The standard InChI is InChI=1S/C13H15Cl2N2O/c1-17-5-4-9(7-12(17)13(16)18)8-2-3-10(14)11(15)6-8/h2-3,6,12H,4-5,7H2,1H3,(H2,16,18). The molecule has 1 atom stereocenters. The molecule has 1 aliphatic rings. The van der Waals surface area contributed by atoms with Crippen molar-refractivity contribution < 1.29 is 4.79 Å². The fourth-order valence-electron chi connectivity index (χ4n) is 2.25. The highest BCUT2D eigenvalue weighted by Gasteiger charge is 2.31. The van der Waals surface area contributed by atoms with Gasteiger partial charge in [0, 0.05) is 5.92 Å². The summed E-state index contributed by atoms with van der Waals surface area (Å²) in [7, 11) is 1.92. The van der Waals surface area contributed by atoms with Crippen LogP contribution in [0.15, 0.2) is 18.2 Å². The van der Waals surface area contributed by atoms with E-state index in [2.05, 4.69) is 0 Å². The highest BCUT2D eigenvalue weighted by molar-refractivity contribution is 6.42. The number of amides is 1. The van der Waals surface area contributed by atoms with Crippen LogP contribution in [0.2, 0.25) is 10.0 Å². The van der Waals surface area contributed by atoms with Crippen LogP contribution in [-0.2, 0) is 4.79 Å². The molecule has 1 saturated heterocycles. The number of nitrogens with zero attached hydrogens (tertiary/aromatic N) is 1. The summed E-state index contributed by atoms with van der Waals surface area (Å²) < 4.78 is 0. The number of likely N-dealkylation sites (N-methyl/N-ethyl adjacent to an activating group) is 1. The Balaban J connectivity index is 2.18. The molecule has 1 fully saturated rings. The highest BCUT2D eigenvalue weighted by atomic mass is 35.5. The third kappa shape index (κ3) is 2.79. The van der Waals surface area contributed by atoms with Gasteiger partial charge in [-0.25, -0.2) is 0 Å². The van der Waals surface area contributed by atoms with Crippen molar-refractivity contribution in [3.63, 3.8) is 0 Å². The molecule has 5 heteroatoms. The molecule has 2 rings (SSSR count). The monoisotopic (exact) mass is 285 g/mol. The molecule has 0 saturated carbocycles. The molecule has 0 aliphatic carbocycles. The van der Waals surface area contributed by atoms with Gasteiger partial charge in [0.15, 0.2) is 0 Å². The van der Waals surface area contributed by atoms with Crippen LogP contribution in [0.4, 0.5) is 0 Å². The molecule has 1 amide bonds. The molecule has 0 spiro atoms. The maximum absolute atomic E-state index is 11.4. The largest absolute Gasteiger partial charge is 0.368 e. The molecule has 1 heterocycles. The minimum atomic E-state index is -0.283. The lowest BCUT2D eigenvalue weighted by Gasteiger charge is -2.35. The van der Waals surface area contributed by atoms with Crippen molar-refractivity contribution in [3.8, 4) is 0 Å². The molecule has 1 aromatic carbocycles. The lowest BCUT2D eigenvalue weighted by atomic mass is 9.85. The number of carbonyl (C=O) groups excluding carboxylic acids is 1. The number of nitrogens with two attached hydrogens (primary N) is 1. The van der Waals surface area contributed by atoms with E-state index in [0.717, 1.165) is 18.5 Å². The zero-order valence-corrected chi connectivity index (χ0v) is 11.6. The van der Waals surface area contributed by atoms with Gasteiger partial charge in [-0.3, -0.25) is 9.69 Å². The molecule has 1 unspecified atom stereocenters. The summed E-state index contributed by atoms with van der Waals surface area (Å²) in [5.41, 5.74) is 6.46. The van der Waals surface area contributed by atoms with Crippen molar-refractivity contribution in [1.82, 2.24) is 4.90 Å². The van der Waals surface area contributed by atoms with Crippen molar-refractivity contribution in [1.29, 1.82) is 0 Å². The first kappa shape index (κ1) is 13.7. The second kappa shape index (κ2) is 5.47. The first-order valence-corrected chi connectivity index (χ1v) is 6.54. The minimum Gasteiger partial charge on any atom is -0.368 e. The summed E-state index contributed by atoms with van der Waals surface area (Å²) in [4.78, 5) is 13.4. The number of primary amides is 1. The average molecular weight is 286 g/mol. The van der Waals surface area contributed by atoms with E-state index in [0.29, 0.717) is 16.5 Å². The number of likely N-dealkylation sites (tertiary alicyclic amines) is 1. The molecule has 18 heavy (non-hydrogen) atoms. The fourth-order valence-corrected chi connectivity index (χ4v) is 2.55. The molecule has 0 bridgehead atoms. The SMILES string of the molecule is CN1CC[C](c2ccc(Cl)c(Cl)c2)CC1C(N)=O. The first-order valence-electron chi connectivity index (χ1n) is 5.78. The van der Waals surface area contributed by atoms with Gasteiger partial charge in [0.2, 0.25) is 5.91 Å². The van der Waals surface area contributed by atoms with Gasteiger partial charge in [0.05, 0.1) is 16.1 Å². The van der Waals surface area contributed by atoms with E-state index < -0.39 is 0 Å². The first-order chi connectivity index (χ1) is 8.49. The van der Waals surface area contributed by atoms with Gasteiger partial charge >= 0.3 is 0 Å². The molecule has 0 aromatic heterocycles. The lowest BCUT2D eigenvalue weighted by Crippen LogP contribution is -2.47. The van der Waals surface area contributed by atoms with Crippen LogP contribution in [0, 0.1) is 5.92 Å². The zero-order chi connectivity index (χ0) is 13.3. The van der Waals surface area contributed by atoms with E-state index in [1.165, 1.54) is 5.92 Å². The van der Waals surface area contributed by atoms with Crippen molar-refractivity contribution in [2.24, 2.45) is 5.73 Å². The topological polar surface area (TPSA) is 46.3 Å². The van der Waals surface area contributed by atoms with E-state index in [9.17, 15) is 4.79 Å². The number of benzene rings is 1. The van der Waals surface area contributed by atoms with Crippen molar-refractivity contribution in [2.75, 3.05) is 13.6 Å². The third-order valence-electron chi connectivity index (χ3n) is 3.39. The van der Waals surface area contributed by atoms with Crippen LogP contribution in [-0.4, -0.2) is 30.4 Å². The summed E-state index contributed by atoms with van der Waals surface area (Å²) in [6.07, 6.45) is 1.57. The van der Waals surface area contributed by atoms with E-state index in [1.807, 2.05) is 24.1 Å². The lowest BCUT2D eigenvalue weighted by molar-refractivity contribution is -0.123. The molecular formula is C13H15Cl2N2O. The molecular weight excluding hydrogens is 271 g/mol. The maximum atomic E-state index is 11.4. The smallest absolute Gasteiger partial charge is 0.234 e. The van der Waals surface area contributed by atoms with Crippen molar-refractivity contribution in [3.05, 3.63) is 39.7 Å². The van der Waals surface area contributed by atoms with Gasteiger partial charge in [-0.1, -0.05) is 29.3 Å². The molecule has 1 radical (unpaired) electrons. The van der Waals surface area contributed by atoms with E-state index >= 15 is 0 Å².